The summed E-state index contributed by atoms with van der Waals surface area (Å²) in [5.41, 5.74) is -1.35. The number of amides is 2. The Hall–Kier alpha value is -3.02. The standard InChI is InChI=1S/C24H24ClFN4O5S/c25-16-2-1-14(9-17(16)26)34-11-19(32)29-23-4-6-24(7-5-23,18(31)10-23)30-20(33)12-35-21-15-3-8-36-22(15)28-13-27-21/h1-3,8-9,13,18,31H,4-7,10-12H2,(H,29,32)(H,30,33)/t18-,23?,24?/m0/s1. The first-order chi connectivity index (χ1) is 17.3. The molecule has 3 saturated carbocycles. The molecule has 190 valence electrons. The largest absolute Gasteiger partial charge is 0.484 e. The Bertz CT molecular complexity index is 1300. The molecular formula is C24H24ClFN4O5S. The fourth-order valence-corrected chi connectivity index (χ4v) is 5.88. The molecule has 9 nitrogen and oxygen atoms in total. The highest BCUT2D eigenvalue weighted by molar-refractivity contribution is 7.16. The fourth-order valence-electron chi connectivity index (χ4n) is 5.04. The zero-order valence-corrected chi connectivity index (χ0v) is 20.7. The Morgan fingerprint density at radius 3 is 2.61 bits per heavy atom. The van der Waals surface area contributed by atoms with Crippen LogP contribution in [0.25, 0.3) is 10.2 Å². The summed E-state index contributed by atoms with van der Waals surface area (Å²) >= 11 is 7.12. The maximum absolute atomic E-state index is 13.6. The number of nitrogens with zero attached hydrogens (tertiary/aromatic N) is 2. The third-order valence-corrected chi connectivity index (χ3v) is 8.07. The lowest BCUT2D eigenvalue weighted by molar-refractivity contribution is -0.137. The smallest absolute Gasteiger partial charge is 0.258 e. The van der Waals surface area contributed by atoms with Crippen LogP contribution in [0.2, 0.25) is 5.02 Å². The lowest BCUT2D eigenvalue weighted by Gasteiger charge is -2.56. The molecule has 3 N–H and O–H groups in total. The number of nitrogens with one attached hydrogen (secondary N) is 2. The van der Waals surface area contributed by atoms with Crippen molar-refractivity contribution in [2.24, 2.45) is 0 Å². The molecule has 6 rings (SSSR count). The van der Waals surface area contributed by atoms with E-state index in [1.54, 1.807) is 0 Å². The van der Waals surface area contributed by atoms with E-state index in [4.69, 9.17) is 21.1 Å². The highest BCUT2D eigenvalue weighted by Crippen LogP contribution is 2.47. The van der Waals surface area contributed by atoms with Crippen molar-refractivity contribution in [2.75, 3.05) is 13.2 Å². The number of aliphatic hydroxyl groups excluding tert-OH is 1. The van der Waals surface area contributed by atoms with E-state index in [0.29, 0.717) is 38.0 Å². The maximum Gasteiger partial charge on any atom is 0.258 e. The van der Waals surface area contributed by atoms with Crippen molar-refractivity contribution in [1.82, 2.24) is 20.6 Å². The highest BCUT2D eigenvalue weighted by atomic mass is 35.5. The van der Waals surface area contributed by atoms with Gasteiger partial charge >= 0.3 is 0 Å². The van der Waals surface area contributed by atoms with Crippen LogP contribution in [0.4, 0.5) is 4.39 Å². The first-order valence-electron chi connectivity index (χ1n) is 11.5. The molecular weight excluding hydrogens is 511 g/mol. The Labute approximate surface area is 215 Å². The van der Waals surface area contributed by atoms with E-state index in [1.807, 2.05) is 11.4 Å². The van der Waals surface area contributed by atoms with Gasteiger partial charge < -0.3 is 25.2 Å². The van der Waals surface area contributed by atoms with E-state index in [1.165, 1.54) is 29.8 Å². The van der Waals surface area contributed by atoms with Gasteiger partial charge in [0.25, 0.3) is 11.8 Å². The number of aliphatic hydroxyl groups is 1. The van der Waals surface area contributed by atoms with Gasteiger partial charge in [0.1, 0.15) is 22.7 Å². The van der Waals surface area contributed by atoms with Crippen molar-refractivity contribution in [1.29, 1.82) is 0 Å². The Morgan fingerprint density at radius 2 is 1.86 bits per heavy atom. The van der Waals surface area contributed by atoms with Crippen LogP contribution in [0.15, 0.2) is 36.0 Å². The van der Waals surface area contributed by atoms with Gasteiger partial charge in [0.15, 0.2) is 13.2 Å². The van der Waals surface area contributed by atoms with Crippen LogP contribution in [0.3, 0.4) is 0 Å². The number of rotatable bonds is 8. The second-order valence-electron chi connectivity index (χ2n) is 9.22. The molecule has 2 aromatic heterocycles. The predicted molar refractivity (Wildman–Crippen MR) is 131 cm³/mol. The number of aromatic nitrogens is 2. The topological polar surface area (TPSA) is 123 Å². The molecule has 3 aromatic rings. The zero-order chi connectivity index (χ0) is 25.3. The second kappa shape index (κ2) is 9.79. The van der Waals surface area contributed by atoms with E-state index in [2.05, 4.69) is 20.6 Å². The minimum Gasteiger partial charge on any atom is -0.484 e. The normalized spacial score (nSPS) is 24.9. The van der Waals surface area contributed by atoms with Gasteiger partial charge in [-0.2, -0.15) is 0 Å². The van der Waals surface area contributed by atoms with Crippen LogP contribution < -0.4 is 20.1 Å². The van der Waals surface area contributed by atoms with Crippen LogP contribution in [0.5, 0.6) is 11.6 Å². The molecule has 0 unspecified atom stereocenters. The molecule has 2 bridgehead atoms. The van der Waals surface area contributed by atoms with E-state index >= 15 is 0 Å². The summed E-state index contributed by atoms with van der Waals surface area (Å²) in [6.07, 6.45) is 3.05. The highest BCUT2D eigenvalue weighted by Gasteiger charge is 2.55. The van der Waals surface area contributed by atoms with Gasteiger partial charge in [0.05, 0.1) is 22.1 Å². The van der Waals surface area contributed by atoms with E-state index in [-0.39, 0.29) is 35.8 Å². The fraction of sp³-hybridized carbons (Fsp3) is 0.417. The summed E-state index contributed by atoms with van der Waals surface area (Å²) in [6.45, 7) is -0.528. The summed E-state index contributed by atoms with van der Waals surface area (Å²) < 4.78 is 24.6. The van der Waals surface area contributed by atoms with Gasteiger partial charge in [-0.15, -0.1) is 11.3 Å². The SMILES string of the molecule is O=C(COc1ccc(Cl)c(F)c1)NC12CCC(NC(=O)COc3ncnc4sccc34)(CC1)[C@@H](O)C2. The molecule has 36 heavy (non-hydrogen) atoms. The number of hydrogen-bond acceptors (Lipinski definition) is 8. The third kappa shape index (κ3) is 4.95. The molecule has 0 saturated heterocycles. The first kappa shape index (κ1) is 24.7. The number of benzene rings is 1. The average molecular weight is 535 g/mol. The number of carbonyl (C=O) groups excluding carboxylic acids is 2. The summed E-state index contributed by atoms with van der Waals surface area (Å²) in [6, 6.07) is 5.80. The monoisotopic (exact) mass is 534 g/mol. The van der Waals surface area contributed by atoms with Gasteiger partial charge in [-0.3, -0.25) is 9.59 Å². The molecule has 0 spiro atoms. The Balaban J connectivity index is 1.13. The molecule has 2 amide bonds. The summed E-state index contributed by atoms with van der Waals surface area (Å²) in [4.78, 5) is 34.3. The molecule has 1 aromatic carbocycles. The molecule has 0 radical (unpaired) electrons. The van der Waals surface area contributed by atoms with Crippen molar-refractivity contribution in [2.45, 2.75) is 49.3 Å². The van der Waals surface area contributed by atoms with Gasteiger partial charge in [0, 0.05) is 11.6 Å². The molecule has 1 atom stereocenters. The zero-order valence-electron chi connectivity index (χ0n) is 19.1. The molecule has 2 heterocycles. The van der Waals surface area contributed by atoms with E-state index in [0.717, 1.165) is 16.3 Å². The van der Waals surface area contributed by atoms with Crippen molar-refractivity contribution in [3.8, 4) is 11.6 Å². The number of thiophene rings is 1. The van der Waals surface area contributed by atoms with Crippen LogP contribution in [-0.4, -0.2) is 57.3 Å². The van der Waals surface area contributed by atoms with E-state index in [9.17, 15) is 19.1 Å². The van der Waals surface area contributed by atoms with Gasteiger partial charge in [-0.05, 0) is 55.7 Å². The quantitative estimate of drug-likeness (QED) is 0.406. The lowest BCUT2D eigenvalue weighted by Crippen LogP contribution is -2.70. The Morgan fingerprint density at radius 1 is 1.11 bits per heavy atom. The minimum absolute atomic E-state index is 0.0278. The molecule has 12 heteroatoms. The number of halogens is 2. The second-order valence-corrected chi connectivity index (χ2v) is 10.5. The number of fused-ring (bicyclic) bond motifs is 4. The van der Waals surface area contributed by atoms with Crippen LogP contribution in [-0.2, 0) is 9.59 Å². The third-order valence-electron chi connectivity index (χ3n) is 6.94. The summed E-state index contributed by atoms with van der Waals surface area (Å²) in [7, 11) is 0. The van der Waals surface area contributed by atoms with Gasteiger partial charge in [-0.1, -0.05) is 11.6 Å². The number of hydrogen-bond donors (Lipinski definition) is 3. The van der Waals surface area contributed by atoms with Crippen LogP contribution in [0.1, 0.15) is 32.1 Å². The lowest BCUT2D eigenvalue weighted by atomic mass is 9.60. The molecule has 3 aliphatic rings. The average Bonchev–Trinajstić information content (AvgIpc) is 3.34. The molecule has 3 aliphatic carbocycles. The van der Waals surface area contributed by atoms with Gasteiger partial charge in [0.2, 0.25) is 5.88 Å². The van der Waals surface area contributed by atoms with Gasteiger partial charge in [-0.25, -0.2) is 14.4 Å². The van der Waals surface area contributed by atoms with E-state index < -0.39 is 23.0 Å². The predicted octanol–water partition coefficient (Wildman–Crippen LogP) is 2.99. The molecule has 0 aliphatic heterocycles. The Kier molecular flexibility index (Phi) is 6.71. The van der Waals surface area contributed by atoms with Crippen LogP contribution >= 0.6 is 22.9 Å². The van der Waals surface area contributed by atoms with Crippen molar-refractivity contribution >= 4 is 45.0 Å². The molecule has 3 fully saturated rings. The number of carbonyl (C=O) groups is 2. The van der Waals surface area contributed by atoms with Crippen LogP contribution in [0, 0.1) is 5.82 Å². The van der Waals surface area contributed by atoms with Crippen molar-refractivity contribution < 1.29 is 28.6 Å². The summed E-state index contributed by atoms with van der Waals surface area (Å²) in [5, 5.41) is 19.5. The summed E-state index contributed by atoms with van der Waals surface area (Å²) in [5.74, 6) is -0.807. The number of ether oxygens (including phenoxy) is 2. The maximum atomic E-state index is 13.6. The van der Waals surface area contributed by atoms with Crippen molar-refractivity contribution in [3.63, 3.8) is 0 Å². The first-order valence-corrected chi connectivity index (χ1v) is 12.7. The minimum atomic E-state index is -0.835. The van der Waals surface area contributed by atoms with Crippen molar-refractivity contribution in [3.05, 3.63) is 46.8 Å².